The molecule has 8 heteroatoms. The number of rotatable bonds is 11. The number of aliphatic carboxylic acids is 1. The third-order valence-electron chi connectivity index (χ3n) is 15.0. The smallest absolute Gasteiger partial charge is 0.323 e. The van der Waals surface area contributed by atoms with Crippen molar-refractivity contribution in [3.63, 3.8) is 0 Å². The number of carbonyl (C=O) groups excluding carboxylic acids is 1. The van der Waals surface area contributed by atoms with E-state index in [1.165, 1.54) is 5.57 Å². The topological polar surface area (TPSA) is 134 Å². The van der Waals surface area contributed by atoms with Gasteiger partial charge in [0.1, 0.15) is 12.1 Å². The summed E-state index contributed by atoms with van der Waals surface area (Å²) in [5.41, 5.74) is 12.0. The van der Waals surface area contributed by atoms with Crippen molar-refractivity contribution in [1.82, 2.24) is 0 Å². The quantitative estimate of drug-likeness (QED) is 0.135. The number of carboxylic acid groups (broad SMARTS) is 1. The summed E-state index contributed by atoms with van der Waals surface area (Å²) in [5.74, 6) is -0.135. The number of ether oxygens (including phenoxy) is 3. The molecule has 2 bridgehead atoms. The van der Waals surface area contributed by atoms with Gasteiger partial charge in [0.25, 0.3) is 0 Å². The summed E-state index contributed by atoms with van der Waals surface area (Å²) in [6.07, 6.45) is 9.40. The van der Waals surface area contributed by atoms with Crippen molar-refractivity contribution < 1.29 is 28.9 Å². The lowest BCUT2D eigenvalue weighted by molar-refractivity contribution is -0.266. The van der Waals surface area contributed by atoms with Gasteiger partial charge < -0.3 is 30.8 Å². The highest BCUT2D eigenvalue weighted by molar-refractivity contribution is 5.76. The predicted molar refractivity (Wildman–Crippen MR) is 180 cm³/mol. The van der Waals surface area contributed by atoms with Crippen molar-refractivity contribution in [1.29, 1.82) is 0 Å². The molecule has 5 rings (SSSR count). The van der Waals surface area contributed by atoms with E-state index in [0.29, 0.717) is 44.6 Å². The Kier molecular flexibility index (Phi) is 9.94. The summed E-state index contributed by atoms with van der Waals surface area (Å²) in [7, 11) is 0. The second-order valence-electron chi connectivity index (χ2n) is 17.3. The van der Waals surface area contributed by atoms with Crippen LogP contribution >= 0.6 is 0 Å². The highest BCUT2D eigenvalue weighted by Gasteiger charge is 2.72. The van der Waals surface area contributed by atoms with Crippen LogP contribution in [-0.2, 0) is 23.8 Å². The number of hydrogen-bond donors (Lipinski definition) is 3. The van der Waals surface area contributed by atoms with Crippen LogP contribution in [0.2, 0.25) is 0 Å². The number of fused-ring (bicyclic) bond motifs is 3. The molecule has 1 heterocycles. The van der Waals surface area contributed by atoms with Gasteiger partial charge in [-0.15, -0.1) is 0 Å². The Morgan fingerprint density at radius 2 is 1.78 bits per heavy atom. The molecule has 0 spiro atoms. The number of allylic oxidation sites excluding steroid dienone is 1. The van der Waals surface area contributed by atoms with Crippen molar-refractivity contribution in [2.75, 3.05) is 26.4 Å². The molecule has 8 nitrogen and oxygen atoms in total. The normalized spacial score (nSPS) is 44.7. The highest BCUT2D eigenvalue weighted by Crippen LogP contribution is 2.75. The predicted octanol–water partition coefficient (Wildman–Crippen LogP) is 6.35. The molecule has 1 unspecified atom stereocenters. The van der Waals surface area contributed by atoms with Crippen LogP contribution in [0, 0.1) is 56.7 Å². The standard InChI is InChI=1S/C38H64N2O6/c1-9-45-28-20-38-22-44-21-35(6,31(28)46-33(43)27(40)12-10-11-19-39)29(38)14-13-25-26(38)15-16-37(8)30(32(41)42)34(5,24(4)23(2)3)17-18-36(25,37)7/h15,23-25,27-31H,9-14,16-22,39-40H2,1-8H3,(H,41,42)/t24-,25+,27?,28-,29+,30-,31+,34-,35-,36-,37+,38+/m1/s1. The molecule has 0 radical (unpaired) electrons. The molecule has 0 aromatic rings. The minimum absolute atomic E-state index is 0.148. The van der Waals surface area contributed by atoms with Crippen LogP contribution in [-0.4, -0.2) is 61.7 Å². The fourth-order valence-electron chi connectivity index (χ4n) is 12.0. The van der Waals surface area contributed by atoms with Gasteiger partial charge in [0.05, 0.1) is 25.2 Å². The SMILES string of the molecule is CCO[C@@H]1C[C@@]23COC[C@](C)([C@@H]2CC[C@H]2C3=CC[C@@]3(C)[C@H](C(=O)O)[C@@](C)([C@H](C)C(C)C)CC[C@]23C)[C@H]1OC(=O)C(N)CCCCN. The molecule has 0 aromatic heterocycles. The Balaban J connectivity index is 1.52. The Morgan fingerprint density at radius 3 is 2.41 bits per heavy atom. The lowest BCUT2D eigenvalue weighted by Crippen LogP contribution is -2.70. The molecule has 5 aliphatic rings. The number of unbranched alkanes of at least 4 members (excludes halogenated alkanes) is 1. The van der Waals surface area contributed by atoms with Crippen molar-refractivity contribution in [2.45, 2.75) is 131 Å². The van der Waals surface area contributed by atoms with Crippen molar-refractivity contribution >= 4 is 11.9 Å². The van der Waals surface area contributed by atoms with E-state index in [4.69, 9.17) is 25.7 Å². The van der Waals surface area contributed by atoms with E-state index in [0.717, 1.165) is 51.4 Å². The molecule has 0 amide bonds. The summed E-state index contributed by atoms with van der Waals surface area (Å²) in [4.78, 5) is 26.7. The molecule has 46 heavy (non-hydrogen) atoms. The van der Waals surface area contributed by atoms with Gasteiger partial charge in [-0.2, -0.15) is 0 Å². The van der Waals surface area contributed by atoms with Crippen molar-refractivity contribution in [2.24, 2.45) is 68.1 Å². The van der Waals surface area contributed by atoms with Gasteiger partial charge in [0.15, 0.2) is 0 Å². The number of nitrogens with two attached hydrogens (primary N) is 2. The average Bonchev–Trinajstić information content (AvgIpc) is 2.99. The molecule has 1 saturated heterocycles. The number of carboxylic acids is 1. The zero-order valence-corrected chi connectivity index (χ0v) is 30.0. The van der Waals surface area contributed by atoms with Crippen LogP contribution in [0.15, 0.2) is 11.6 Å². The second kappa shape index (κ2) is 12.8. The number of carbonyl (C=O) groups is 2. The molecular formula is C38H64N2O6. The van der Waals surface area contributed by atoms with Crippen LogP contribution in [0.3, 0.4) is 0 Å². The zero-order valence-electron chi connectivity index (χ0n) is 30.0. The van der Waals surface area contributed by atoms with Gasteiger partial charge in [0.2, 0.25) is 0 Å². The van der Waals surface area contributed by atoms with E-state index < -0.39 is 29.4 Å². The summed E-state index contributed by atoms with van der Waals surface area (Å²) in [6.45, 7) is 20.2. The third-order valence-corrected chi connectivity index (χ3v) is 15.0. The molecule has 4 aliphatic carbocycles. The first kappa shape index (κ1) is 35.8. The minimum atomic E-state index is -0.680. The monoisotopic (exact) mass is 644 g/mol. The Hall–Kier alpha value is -1.48. The summed E-state index contributed by atoms with van der Waals surface area (Å²) >= 11 is 0. The van der Waals surface area contributed by atoms with E-state index in [2.05, 4.69) is 54.5 Å². The average molecular weight is 645 g/mol. The third kappa shape index (κ3) is 5.22. The van der Waals surface area contributed by atoms with E-state index in [-0.39, 0.29) is 45.6 Å². The molecule has 0 aromatic carbocycles. The van der Waals surface area contributed by atoms with Crippen LogP contribution in [0.4, 0.5) is 0 Å². The van der Waals surface area contributed by atoms with Gasteiger partial charge >= 0.3 is 11.9 Å². The Labute approximate surface area is 278 Å². The lowest BCUT2D eigenvalue weighted by Gasteiger charge is -2.71. The van der Waals surface area contributed by atoms with Gasteiger partial charge in [-0.05, 0) is 105 Å². The van der Waals surface area contributed by atoms with Gasteiger partial charge in [-0.3, -0.25) is 9.59 Å². The Bertz CT molecular complexity index is 1190. The largest absolute Gasteiger partial charge is 0.481 e. The van der Waals surface area contributed by atoms with Crippen LogP contribution < -0.4 is 11.5 Å². The van der Waals surface area contributed by atoms with Crippen molar-refractivity contribution in [3.8, 4) is 0 Å². The van der Waals surface area contributed by atoms with Crippen molar-refractivity contribution in [3.05, 3.63) is 11.6 Å². The maximum Gasteiger partial charge on any atom is 0.323 e. The second-order valence-corrected chi connectivity index (χ2v) is 17.3. The molecule has 3 saturated carbocycles. The maximum atomic E-state index is 13.4. The van der Waals surface area contributed by atoms with Crippen LogP contribution in [0.5, 0.6) is 0 Å². The van der Waals surface area contributed by atoms with Crippen LogP contribution in [0.25, 0.3) is 0 Å². The lowest BCUT2D eigenvalue weighted by atomic mass is 9.34. The summed E-state index contributed by atoms with van der Waals surface area (Å²) in [6, 6.07) is -0.680. The zero-order chi connectivity index (χ0) is 33.9. The van der Waals surface area contributed by atoms with E-state index in [1.54, 1.807) is 0 Å². The summed E-state index contributed by atoms with van der Waals surface area (Å²) in [5, 5.41) is 11.0. The first-order valence-corrected chi connectivity index (χ1v) is 18.4. The summed E-state index contributed by atoms with van der Waals surface area (Å²) < 4.78 is 19.4. The first-order valence-electron chi connectivity index (χ1n) is 18.4. The molecule has 4 fully saturated rings. The van der Waals surface area contributed by atoms with E-state index >= 15 is 0 Å². The number of esters is 1. The maximum absolute atomic E-state index is 13.4. The minimum Gasteiger partial charge on any atom is -0.481 e. The van der Waals surface area contributed by atoms with Gasteiger partial charge in [-0.25, -0.2) is 0 Å². The number of hydrogen-bond acceptors (Lipinski definition) is 7. The molecular weight excluding hydrogens is 580 g/mol. The van der Waals surface area contributed by atoms with Gasteiger partial charge in [-0.1, -0.05) is 66.5 Å². The van der Waals surface area contributed by atoms with E-state index in [9.17, 15) is 14.7 Å². The first-order chi connectivity index (χ1) is 21.6. The molecule has 5 N–H and O–H groups in total. The molecule has 1 aliphatic heterocycles. The molecule has 12 atom stereocenters. The van der Waals surface area contributed by atoms with Gasteiger partial charge in [0, 0.05) is 17.4 Å². The fourth-order valence-corrected chi connectivity index (χ4v) is 12.0. The fraction of sp³-hybridized carbons (Fsp3) is 0.895. The van der Waals surface area contributed by atoms with Crippen LogP contribution in [0.1, 0.15) is 113 Å². The molecule has 262 valence electrons. The Morgan fingerprint density at radius 1 is 1.07 bits per heavy atom. The highest BCUT2D eigenvalue weighted by atomic mass is 16.6. The van der Waals surface area contributed by atoms with E-state index in [1.807, 2.05) is 6.92 Å².